The lowest BCUT2D eigenvalue weighted by Crippen LogP contribution is -2.24. The number of nitrogens with one attached hydrogen (secondary N) is 1. The highest BCUT2D eigenvalue weighted by Gasteiger charge is 2.22. The normalized spacial score (nSPS) is 18.4. The SMILES string of the molecule is O=C1CCCN1c1ccc(-n2cc3c(n2)CCNCC3)cn1. The number of rotatable bonds is 2. The average molecular weight is 297 g/mol. The maximum atomic E-state index is 11.8. The van der Waals surface area contributed by atoms with Crippen LogP contribution in [0.1, 0.15) is 24.1 Å². The van der Waals surface area contributed by atoms with Crippen molar-refractivity contribution in [2.24, 2.45) is 0 Å². The van der Waals surface area contributed by atoms with Crippen LogP contribution in [0.25, 0.3) is 5.69 Å². The van der Waals surface area contributed by atoms with Crippen LogP contribution in [0.15, 0.2) is 24.5 Å². The summed E-state index contributed by atoms with van der Waals surface area (Å²) in [7, 11) is 0. The van der Waals surface area contributed by atoms with Crippen molar-refractivity contribution in [3.63, 3.8) is 0 Å². The Morgan fingerprint density at radius 1 is 1.14 bits per heavy atom. The molecule has 0 radical (unpaired) electrons. The number of aromatic nitrogens is 3. The molecule has 0 saturated carbocycles. The van der Waals surface area contributed by atoms with Gasteiger partial charge in [-0.15, -0.1) is 0 Å². The van der Waals surface area contributed by atoms with Crippen molar-refractivity contribution in [3.05, 3.63) is 35.8 Å². The zero-order valence-electron chi connectivity index (χ0n) is 12.5. The molecule has 22 heavy (non-hydrogen) atoms. The highest BCUT2D eigenvalue weighted by molar-refractivity contribution is 5.94. The first-order chi connectivity index (χ1) is 10.8. The van der Waals surface area contributed by atoms with Gasteiger partial charge < -0.3 is 5.32 Å². The van der Waals surface area contributed by atoms with Gasteiger partial charge in [-0.25, -0.2) is 9.67 Å². The Morgan fingerprint density at radius 3 is 2.82 bits per heavy atom. The second-order valence-corrected chi connectivity index (χ2v) is 5.82. The Morgan fingerprint density at radius 2 is 2.05 bits per heavy atom. The maximum absolute atomic E-state index is 11.8. The molecule has 1 saturated heterocycles. The molecule has 0 unspecified atom stereocenters. The van der Waals surface area contributed by atoms with Gasteiger partial charge in [0.25, 0.3) is 0 Å². The molecule has 0 bridgehead atoms. The highest BCUT2D eigenvalue weighted by atomic mass is 16.2. The Bertz CT molecular complexity index is 668. The molecule has 2 aromatic rings. The summed E-state index contributed by atoms with van der Waals surface area (Å²) in [4.78, 5) is 18.0. The van der Waals surface area contributed by atoms with Crippen LogP contribution in [0.2, 0.25) is 0 Å². The number of hydrogen-bond acceptors (Lipinski definition) is 4. The van der Waals surface area contributed by atoms with Crippen LogP contribution >= 0.6 is 0 Å². The van der Waals surface area contributed by atoms with E-state index in [0.717, 1.165) is 50.4 Å². The van der Waals surface area contributed by atoms with Crippen molar-refractivity contribution in [1.29, 1.82) is 0 Å². The number of hydrogen-bond donors (Lipinski definition) is 1. The monoisotopic (exact) mass is 297 g/mol. The Hall–Kier alpha value is -2.21. The van der Waals surface area contributed by atoms with Crippen LogP contribution in [0.3, 0.4) is 0 Å². The van der Waals surface area contributed by atoms with Gasteiger partial charge >= 0.3 is 0 Å². The van der Waals surface area contributed by atoms with Crippen molar-refractivity contribution >= 4 is 11.7 Å². The summed E-state index contributed by atoms with van der Waals surface area (Å²) in [6.45, 7) is 2.76. The molecule has 2 aromatic heterocycles. The Labute approximate surface area is 129 Å². The number of fused-ring (bicyclic) bond motifs is 1. The molecule has 6 nitrogen and oxygen atoms in total. The lowest BCUT2D eigenvalue weighted by atomic mass is 10.2. The van der Waals surface area contributed by atoms with Gasteiger partial charge in [-0.2, -0.15) is 5.10 Å². The quantitative estimate of drug-likeness (QED) is 0.901. The number of amides is 1. The number of carbonyl (C=O) groups is 1. The number of pyridine rings is 1. The molecular weight excluding hydrogens is 278 g/mol. The lowest BCUT2D eigenvalue weighted by Gasteiger charge is -2.14. The third kappa shape index (κ3) is 2.39. The third-order valence-corrected chi connectivity index (χ3v) is 4.33. The predicted octanol–water partition coefficient (Wildman–Crippen LogP) is 1.08. The summed E-state index contributed by atoms with van der Waals surface area (Å²) in [5.41, 5.74) is 3.42. The van der Waals surface area contributed by atoms with E-state index in [-0.39, 0.29) is 5.91 Å². The van der Waals surface area contributed by atoms with E-state index in [9.17, 15) is 4.79 Å². The summed E-state index contributed by atoms with van der Waals surface area (Å²) in [5, 5.41) is 8.06. The van der Waals surface area contributed by atoms with Gasteiger partial charge in [0, 0.05) is 32.1 Å². The summed E-state index contributed by atoms with van der Waals surface area (Å²) in [6, 6.07) is 3.89. The van der Waals surface area contributed by atoms with Crippen LogP contribution in [-0.4, -0.2) is 40.3 Å². The fourth-order valence-corrected chi connectivity index (χ4v) is 3.12. The van der Waals surface area contributed by atoms with E-state index in [0.29, 0.717) is 6.42 Å². The van der Waals surface area contributed by atoms with E-state index >= 15 is 0 Å². The molecule has 2 aliphatic rings. The first-order valence-corrected chi connectivity index (χ1v) is 7.86. The molecule has 0 spiro atoms. The van der Waals surface area contributed by atoms with Crippen LogP contribution in [0.4, 0.5) is 5.82 Å². The second-order valence-electron chi connectivity index (χ2n) is 5.82. The Balaban J connectivity index is 1.59. The topological polar surface area (TPSA) is 63.1 Å². The molecule has 2 aliphatic heterocycles. The summed E-state index contributed by atoms with van der Waals surface area (Å²) in [6.07, 6.45) is 7.43. The van der Waals surface area contributed by atoms with Crippen molar-refractivity contribution < 1.29 is 4.79 Å². The lowest BCUT2D eigenvalue weighted by molar-refractivity contribution is -0.117. The summed E-state index contributed by atoms with van der Waals surface area (Å²) in [5.74, 6) is 0.905. The van der Waals surface area contributed by atoms with Crippen molar-refractivity contribution in [1.82, 2.24) is 20.1 Å². The minimum absolute atomic E-state index is 0.165. The molecule has 1 fully saturated rings. The number of carbonyl (C=O) groups excluding carboxylic acids is 1. The first-order valence-electron chi connectivity index (χ1n) is 7.86. The molecule has 0 aromatic carbocycles. The van der Waals surface area contributed by atoms with E-state index < -0.39 is 0 Å². The van der Waals surface area contributed by atoms with Crippen LogP contribution in [-0.2, 0) is 17.6 Å². The molecule has 114 valence electrons. The molecule has 6 heteroatoms. The highest BCUT2D eigenvalue weighted by Crippen LogP contribution is 2.21. The van der Waals surface area contributed by atoms with E-state index in [2.05, 4.69) is 21.6 Å². The van der Waals surface area contributed by atoms with Crippen LogP contribution in [0.5, 0.6) is 0 Å². The average Bonchev–Trinajstić information content (AvgIpc) is 3.08. The predicted molar refractivity (Wildman–Crippen MR) is 83.2 cm³/mol. The zero-order valence-corrected chi connectivity index (χ0v) is 12.5. The first kappa shape index (κ1) is 13.5. The summed E-state index contributed by atoms with van der Waals surface area (Å²) < 4.78 is 1.90. The molecule has 1 amide bonds. The van der Waals surface area contributed by atoms with Crippen molar-refractivity contribution in [3.8, 4) is 5.69 Å². The van der Waals surface area contributed by atoms with Crippen molar-refractivity contribution in [2.45, 2.75) is 25.7 Å². The Kier molecular flexibility index (Phi) is 3.38. The van der Waals surface area contributed by atoms with Gasteiger partial charge in [0.15, 0.2) is 0 Å². The van der Waals surface area contributed by atoms with E-state index in [1.807, 2.05) is 16.8 Å². The van der Waals surface area contributed by atoms with Gasteiger partial charge in [-0.05, 0) is 37.1 Å². The van der Waals surface area contributed by atoms with Crippen molar-refractivity contribution in [2.75, 3.05) is 24.5 Å². The molecule has 1 N–H and O–H groups in total. The van der Waals surface area contributed by atoms with E-state index in [1.54, 1.807) is 11.1 Å². The molecule has 4 rings (SSSR count). The zero-order chi connectivity index (χ0) is 14.9. The fourth-order valence-electron chi connectivity index (χ4n) is 3.12. The number of nitrogens with zero attached hydrogens (tertiary/aromatic N) is 4. The second kappa shape index (κ2) is 5.53. The largest absolute Gasteiger partial charge is 0.316 e. The maximum Gasteiger partial charge on any atom is 0.228 e. The molecule has 4 heterocycles. The van der Waals surface area contributed by atoms with Gasteiger partial charge in [-0.3, -0.25) is 9.69 Å². The van der Waals surface area contributed by atoms with Crippen LogP contribution < -0.4 is 10.2 Å². The smallest absolute Gasteiger partial charge is 0.228 e. The van der Waals surface area contributed by atoms with Crippen LogP contribution in [0, 0.1) is 0 Å². The molecule has 0 atom stereocenters. The standard InChI is InChI=1S/C16H19N5O/c22-16-2-1-9-20(16)15-4-3-13(10-18-15)21-11-12-5-7-17-8-6-14(12)19-21/h3-4,10-11,17H,1-2,5-9H2. The summed E-state index contributed by atoms with van der Waals surface area (Å²) >= 11 is 0. The van der Waals surface area contributed by atoms with E-state index in [1.165, 1.54) is 11.3 Å². The molecule has 0 aliphatic carbocycles. The minimum atomic E-state index is 0.165. The molecular formula is C16H19N5O. The van der Waals surface area contributed by atoms with Gasteiger partial charge in [-0.1, -0.05) is 0 Å². The van der Waals surface area contributed by atoms with Gasteiger partial charge in [0.05, 0.1) is 17.6 Å². The number of anilines is 1. The van der Waals surface area contributed by atoms with Gasteiger partial charge in [0.2, 0.25) is 5.91 Å². The fraction of sp³-hybridized carbons (Fsp3) is 0.438. The third-order valence-electron chi connectivity index (χ3n) is 4.33. The van der Waals surface area contributed by atoms with Gasteiger partial charge in [0.1, 0.15) is 5.82 Å². The minimum Gasteiger partial charge on any atom is -0.316 e. The van der Waals surface area contributed by atoms with E-state index in [4.69, 9.17) is 0 Å².